The highest BCUT2D eigenvalue weighted by Gasteiger charge is 2.51. The molecule has 0 amide bonds. The van der Waals surface area contributed by atoms with Gasteiger partial charge in [-0.25, -0.2) is 4.79 Å². The lowest BCUT2D eigenvalue weighted by atomic mass is 10.1. The van der Waals surface area contributed by atoms with Crippen LogP contribution in [0.3, 0.4) is 0 Å². The molecule has 0 spiro atoms. The number of nitrogens with one attached hydrogen (secondary N) is 1. The average molecular weight is 415 g/mol. The van der Waals surface area contributed by atoms with Gasteiger partial charge in [0, 0.05) is 25.8 Å². The van der Waals surface area contributed by atoms with Crippen LogP contribution in [0.2, 0.25) is 18.1 Å². The molecule has 2 rings (SSSR count). The Hall–Kier alpha value is -1.95. The zero-order chi connectivity index (χ0) is 21.3. The molecule has 1 saturated heterocycles. The molecule has 28 heavy (non-hydrogen) atoms. The Morgan fingerprint density at radius 2 is 2.04 bits per heavy atom. The van der Waals surface area contributed by atoms with Crippen LogP contribution in [0.5, 0.6) is 0 Å². The molecule has 4 N–H and O–H groups in total. The van der Waals surface area contributed by atoms with Crippen molar-refractivity contribution in [2.24, 2.45) is 10.9 Å². The molecule has 158 valence electrons. The van der Waals surface area contributed by atoms with Gasteiger partial charge in [0.25, 0.3) is 5.56 Å². The van der Waals surface area contributed by atoms with Crippen molar-refractivity contribution >= 4 is 14.2 Å². The number of hydrogen-bond acceptors (Lipinski definition) is 7. The smallest absolute Gasteiger partial charge is 0.330 e. The largest absolute Gasteiger partial charge is 0.409 e. The van der Waals surface area contributed by atoms with Crippen molar-refractivity contribution in [1.29, 1.82) is 0 Å². The van der Waals surface area contributed by atoms with Crippen molar-refractivity contribution in [3.63, 3.8) is 0 Å². The molecule has 1 aromatic rings. The molecular weight excluding hydrogens is 384 g/mol. The zero-order valence-corrected chi connectivity index (χ0v) is 18.1. The fourth-order valence-electron chi connectivity index (χ4n) is 2.88. The minimum Gasteiger partial charge on any atom is -0.409 e. The maximum absolute atomic E-state index is 12.3. The van der Waals surface area contributed by atoms with Crippen LogP contribution in [0.25, 0.3) is 0 Å². The quantitative estimate of drug-likeness (QED) is 0.207. The minimum absolute atomic E-state index is 0.0156. The summed E-state index contributed by atoms with van der Waals surface area (Å²) in [7, 11) is -0.727. The number of methoxy groups -OCH3 is 1. The van der Waals surface area contributed by atoms with E-state index in [1.165, 1.54) is 23.9 Å². The van der Waals surface area contributed by atoms with Crippen LogP contribution in [0.1, 0.15) is 33.4 Å². The lowest BCUT2D eigenvalue weighted by molar-refractivity contribution is -0.0526. The van der Waals surface area contributed by atoms with Gasteiger partial charge in [-0.05, 0) is 18.1 Å². The van der Waals surface area contributed by atoms with E-state index in [0.29, 0.717) is 0 Å². The van der Waals surface area contributed by atoms with E-state index in [1.54, 1.807) is 0 Å². The van der Waals surface area contributed by atoms with Gasteiger partial charge >= 0.3 is 5.69 Å². The predicted molar refractivity (Wildman–Crippen MR) is 106 cm³/mol. The van der Waals surface area contributed by atoms with Gasteiger partial charge < -0.3 is 24.8 Å². The molecule has 11 heteroatoms. The SMILES string of the molecule is CO[C@@H]1[C@H](O[Si](C)(C)C(C)(C)C)[C@@H](CC(N)=NO)O[C@H]1n1ccc(=O)[nH]c1=O. The summed E-state index contributed by atoms with van der Waals surface area (Å²) >= 11 is 0. The molecule has 0 aromatic carbocycles. The Morgan fingerprint density at radius 1 is 1.39 bits per heavy atom. The maximum Gasteiger partial charge on any atom is 0.330 e. The van der Waals surface area contributed by atoms with Crippen molar-refractivity contribution in [2.75, 3.05) is 7.11 Å². The topological polar surface area (TPSA) is 141 Å². The van der Waals surface area contributed by atoms with Gasteiger partial charge in [0.2, 0.25) is 0 Å². The van der Waals surface area contributed by atoms with E-state index in [2.05, 4.69) is 44.0 Å². The second-order valence-corrected chi connectivity index (χ2v) is 13.2. The normalized spacial score (nSPS) is 26.6. The summed E-state index contributed by atoms with van der Waals surface area (Å²) in [6.45, 7) is 10.5. The lowest BCUT2D eigenvalue weighted by Crippen LogP contribution is -2.50. The number of oxime groups is 1. The van der Waals surface area contributed by atoms with Crippen LogP contribution >= 0.6 is 0 Å². The van der Waals surface area contributed by atoms with Gasteiger partial charge in [-0.1, -0.05) is 25.9 Å². The second kappa shape index (κ2) is 8.19. The third kappa shape index (κ3) is 4.54. The fourth-order valence-corrected chi connectivity index (χ4v) is 4.20. The Labute approximate surface area is 164 Å². The van der Waals surface area contributed by atoms with E-state index >= 15 is 0 Å². The summed E-state index contributed by atoms with van der Waals surface area (Å²) in [5.74, 6) is -0.0156. The lowest BCUT2D eigenvalue weighted by Gasteiger charge is -2.40. The monoisotopic (exact) mass is 414 g/mol. The van der Waals surface area contributed by atoms with Crippen LogP contribution in [-0.2, 0) is 13.9 Å². The molecule has 10 nitrogen and oxygen atoms in total. The first-order valence-corrected chi connectivity index (χ1v) is 12.0. The number of rotatable bonds is 6. The first-order chi connectivity index (χ1) is 12.9. The number of nitrogens with two attached hydrogens (primary N) is 1. The summed E-state index contributed by atoms with van der Waals surface area (Å²) in [5, 5.41) is 11.9. The minimum atomic E-state index is -2.23. The number of amidine groups is 1. The van der Waals surface area contributed by atoms with Crippen molar-refractivity contribution in [3.8, 4) is 0 Å². The van der Waals surface area contributed by atoms with Crippen LogP contribution in [0.4, 0.5) is 0 Å². The van der Waals surface area contributed by atoms with Crippen LogP contribution in [0, 0.1) is 0 Å². The van der Waals surface area contributed by atoms with Crippen LogP contribution in [-0.4, -0.2) is 54.3 Å². The molecule has 0 saturated carbocycles. The van der Waals surface area contributed by atoms with Crippen LogP contribution < -0.4 is 17.0 Å². The first-order valence-electron chi connectivity index (χ1n) is 9.05. The molecule has 4 atom stereocenters. The number of nitrogens with zero attached hydrogens (tertiary/aromatic N) is 2. The summed E-state index contributed by atoms with van der Waals surface area (Å²) < 4.78 is 19.5. The van der Waals surface area contributed by atoms with Gasteiger partial charge in [-0.2, -0.15) is 0 Å². The van der Waals surface area contributed by atoms with E-state index < -0.39 is 44.1 Å². The molecule has 0 aliphatic carbocycles. The number of aromatic amines is 1. The maximum atomic E-state index is 12.3. The Morgan fingerprint density at radius 3 is 2.54 bits per heavy atom. The van der Waals surface area contributed by atoms with Gasteiger partial charge in [-0.3, -0.25) is 14.3 Å². The highest BCUT2D eigenvalue weighted by molar-refractivity contribution is 6.74. The number of hydrogen-bond donors (Lipinski definition) is 3. The van der Waals surface area contributed by atoms with Crippen molar-refractivity contribution in [3.05, 3.63) is 33.1 Å². The number of H-pyrrole nitrogens is 1. The molecule has 1 aliphatic heterocycles. The zero-order valence-electron chi connectivity index (χ0n) is 17.1. The highest BCUT2D eigenvalue weighted by Crippen LogP contribution is 2.42. The Balaban J connectivity index is 2.45. The van der Waals surface area contributed by atoms with Gasteiger partial charge in [0.15, 0.2) is 14.5 Å². The van der Waals surface area contributed by atoms with Gasteiger partial charge in [-0.15, -0.1) is 0 Å². The molecule has 0 radical (unpaired) electrons. The summed E-state index contributed by atoms with van der Waals surface area (Å²) in [6, 6.07) is 1.23. The van der Waals surface area contributed by atoms with Crippen LogP contribution in [0.15, 0.2) is 27.0 Å². The molecular formula is C17H30N4O6Si. The van der Waals surface area contributed by atoms with E-state index in [4.69, 9.17) is 24.8 Å². The number of ether oxygens (including phenoxy) is 2. The summed E-state index contributed by atoms with van der Waals surface area (Å²) in [4.78, 5) is 25.9. The second-order valence-electron chi connectivity index (χ2n) is 8.42. The third-order valence-electron chi connectivity index (χ3n) is 5.46. The summed E-state index contributed by atoms with van der Waals surface area (Å²) in [5.41, 5.74) is 4.58. The highest BCUT2D eigenvalue weighted by atomic mass is 28.4. The molecule has 1 aliphatic rings. The van der Waals surface area contributed by atoms with E-state index in [-0.39, 0.29) is 17.3 Å². The van der Waals surface area contributed by atoms with Crippen molar-refractivity contribution in [1.82, 2.24) is 9.55 Å². The molecule has 0 bridgehead atoms. The first kappa shape index (κ1) is 22.3. The molecule has 1 fully saturated rings. The van der Waals surface area contributed by atoms with Gasteiger partial charge in [0.1, 0.15) is 18.0 Å². The molecule has 0 unspecified atom stereocenters. The Kier molecular flexibility index (Phi) is 6.54. The van der Waals surface area contributed by atoms with E-state index in [1.807, 2.05) is 0 Å². The Bertz CT molecular complexity index is 828. The summed E-state index contributed by atoms with van der Waals surface area (Å²) in [6.07, 6.45) is -1.15. The van der Waals surface area contributed by atoms with Gasteiger partial charge in [0.05, 0.1) is 6.10 Å². The van der Waals surface area contributed by atoms with Crippen molar-refractivity contribution < 1.29 is 19.1 Å². The molecule has 1 aromatic heterocycles. The number of aromatic nitrogens is 2. The van der Waals surface area contributed by atoms with Crippen molar-refractivity contribution in [2.45, 2.75) is 69.9 Å². The fraction of sp³-hybridized carbons (Fsp3) is 0.706. The third-order valence-corrected chi connectivity index (χ3v) is 9.93. The van der Waals surface area contributed by atoms with E-state index in [0.717, 1.165) is 0 Å². The standard InChI is InChI=1S/C17H30N4O6Si/c1-17(2,3)28(5,6)27-13-10(9-11(18)20-24)26-15(14(13)25-4)21-8-7-12(22)19-16(21)23/h7-8,10,13-15,24H,9H2,1-6H3,(H2,18,20)(H,19,22,23)/t10-,13-,14-,15-/m1/s1. The molecule has 2 heterocycles. The predicted octanol–water partition coefficient (Wildman–Crippen LogP) is 0.976. The van der Waals surface area contributed by atoms with E-state index in [9.17, 15) is 9.59 Å². The average Bonchev–Trinajstić information content (AvgIpc) is 2.90.